The maximum Gasteiger partial charge on any atom is 0.257 e. The number of halogens is 2. The first-order chi connectivity index (χ1) is 14.3. The number of rotatable bonds is 7. The lowest BCUT2D eigenvalue weighted by molar-refractivity contribution is -0.123. The predicted octanol–water partition coefficient (Wildman–Crippen LogP) is 3.19. The Labute approximate surface area is 173 Å². The minimum atomic E-state index is -0.974. The number of para-hydroxylation sites is 2. The largest absolute Gasteiger partial charge is 0.353 e. The molecule has 0 fully saturated rings. The molecular weight excluding hydrogens is 390 g/mol. The molecule has 2 N–H and O–H groups in total. The molecule has 1 heterocycles. The van der Waals surface area contributed by atoms with E-state index in [1.807, 2.05) is 35.8 Å². The highest BCUT2D eigenvalue weighted by Crippen LogP contribution is 2.15. The standard InChI is InChI=1S/C22H24F2N4O2/c1-13(2)20(27-21(29)19-15(23)7-6-8-16(19)24)22(30)25-11-12-28-14(3)26-17-9-4-5-10-18(17)28/h4-10,13,20H,11-12H2,1-3H3,(H,25,30)(H,27,29). The number of fused-ring (bicyclic) bond motifs is 1. The Hall–Kier alpha value is -3.29. The number of aromatic nitrogens is 2. The second-order valence-corrected chi connectivity index (χ2v) is 7.38. The zero-order valence-corrected chi connectivity index (χ0v) is 17.1. The predicted molar refractivity (Wildman–Crippen MR) is 110 cm³/mol. The second-order valence-electron chi connectivity index (χ2n) is 7.38. The molecule has 158 valence electrons. The van der Waals surface area contributed by atoms with E-state index in [0.29, 0.717) is 13.1 Å². The number of hydrogen-bond acceptors (Lipinski definition) is 3. The fraction of sp³-hybridized carbons (Fsp3) is 0.318. The van der Waals surface area contributed by atoms with Crippen LogP contribution < -0.4 is 10.6 Å². The van der Waals surface area contributed by atoms with Gasteiger partial charge in [-0.1, -0.05) is 32.0 Å². The van der Waals surface area contributed by atoms with Crippen molar-refractivity contribution in [3.8, 4) is 0 Å². The lowest BCUT2D eigenvalue weighted by Gasteiger charge is -2.22. The fourth-order valence-electron chi connectivity index (χ4n) is 3.34. The lowest BCUT2D eigenvalue weighted by atomic mass is 10.0. The Morgan fingerprint density at radius 1 is 1.07 bits per heavy atom. The average molecular weight is 414 g/mol. The quantitative estimate of drug-likeness (QED) is 0.624. The molecule has 0 saturated heterocycles. The van der Waals surface area contributed by atoms with Crippen LogP contribution in [0.3, 0.4) is 0 Å². The van der Waals surface area contributed by atoms with Gasteiger partial charge in [-0.25, -0.2) is 13.8 Å². The van der Waals surface area contributed by atoms with Crippen molar-refractivity contribution in [3.05, 3.63) is 65.5 Å². The summed E-state index contributed by atoms with van der Waals surface area (Å²) < 4.78 is 29.7. The number of imidazole rings is 1. The topological polar surface area (TPSA) is 76.0 Å². The first-order valence-corrected chi connectivity index (χ1v) is 9.74. The summed E-state index contributed by atoms with van der Waals surface area (Å²) in [4.78, 5) is 29.5. The normalized spacial score (nSPS) is 12.2. The highest BCUT2D eigenvalue weighted by atomic mass is 19.1. The van der Waals surface area contributed by atoms with Gasteiger partial charge in [0.15, 0.2) is 0 Å². The van der Waals surface area contributed by atoms with E-state index < -0.39 is 35.1 Å². The minimum Gasteiger partial charge on any atom is -0.353 e. The molecule has 1 aromatic heterocycles. The maximum atomic E-state index is 13.9. The van der Waals surface area contributed by atoms with Gasteiger partial charge in [-0.15, -0.1) is 0 Å². The molecule has 0 aliphatic carbocycles. The summed E-state index contributed by atoms with van der Waals surface area (Å²) in [6.45, 7) is 6.19. The van der Waals surface area contributed by atoms with Gasteiger partial charge in [0.2, 0.25) is 5.91 Å². The molecule has 2 amide bonds. The van der Waals surface area contributed by atoms with Crippen molar-refractivity contribution < 1.29 is 18.4 Å². The molecule has 0 saturated carbocycles. The molecule has 6 nitrogen and oxygen atoms in total. The van der Waals surface area contributed by atoms with Crippen molar-refractivity contribution in [2.24, 2.45) is 5.92 Å². The molecule has 8 heteroatoms. The Bertz CT molecular complexity index is 1060. The number of hydrogen-bond donors (Lipinski definition) is 2. The third kappa shape index (κ3) is 4.48. The highest BCUT2D eigenvalue weighted by Gasteiger charge is 2.27. The van der Waals surface area contributed by atoms with Crippen molar-refractivity contribution in [1.82, 2.24) is 20.2 Å². The van der Waals surface area contributed by atoms with Crippen LogP contribution in [-0.2, 0) is 11.3 Å². The van der Waals surface area contributed by atoms with Gasteiger partial charge in [-0.3, -0.25) is 9.59 Å². The summed E-state index contributed by atoms with van der Waals surface area (Å²) in [7, 11) is 0. The Morgan fingerprint density at radius 3 is 2.40 bits per heavy atom. The zero-order valence-electron chi connectivity index (χ0n) is 17.1. The van der Waals surface area contributed by atoms with Crippen molar-refractivity contribution in [2.75, 3.05) is 6.54 Å². The van der Waals surface area contributed by atoms with Gasteiger partial charge < -0.3 is 15.2 Å². The van der Waals surface area contributed by atoms with Crippen LogP contribution in [0.2, 0.25) is 0 Å². The van der Waals surface area contributed by atoms with E-state index >= 15 is 0 Å². The SMILES string of the molecule is Cc1nc2ccccc2n1CCNC(=O)C(NC(=O)c1c(F)cccc1F)C(C)C. The van der Waals surface area contributed by atoms with Crippen molar-refractivity contribution >= 4 is 22.8 Å². The number of carbonyl (C=O) groups excluding carboxylic acids is 2. The van der Waals surface area contributed by atoms with E-state index in [-0.39, 0.29) is 5.92 Å². The molecule has 0 spiro atoms. The lowest BCUT2D eigenvalue weighted by Crippen LogP contribution is -2.50. The van der Waals surface area contributed by atoms with E-state index in [4.69, 9.17) is 0 Å². The first-order valence-electron chi connectivity index (χ1n) is 9.74. The summed E-state index contributed by atoms with van der Waals surface area (Å²) in [6.07, 6.45) is 0. The van der Waals surface area contributed by atoms with Gasteiger partial charge in [0.05, 0.1) is 11.0 Å². The summed E-state index contributed by atoms with van der Waals surface area (Å²) in [5.74, 6) is -2.78. The van der Waals surface area contributed by atoms with Crippen LogP contribution in [0.4, 0.5) is 8.78 Å². The summed E-state index contributed by atoms with van der Waals surface area (Å²) in [5, 5.41) is 5.24. The second kappa shape index (κ2) is 9.02. The number of benzene rings is 2. The van der Waals surface area contributed by atoms with Crippen molar-refractivity contribution in [2.45, 2.75) is 33.4 Å². The smallest absolute Gasteiger partial charge is 0.257 e. The van der Waals surface area contributed by atoms with Gasteiger partial charge in [0.25, 0.3) is 5.91 Å². The number of nitrogens with one attached hydrogen (secondary N) is 2. The molecule has 0 bridgehead atoms. The van der Waals surface area contributed by atoms with E-state index in [0.717, 1.165) is 29.0 Å². The maximum absolute atomic E-state index is 13.9. The molecule has 0 radical (unpaired) electrons. The molecule has 3 aromatic rings. The van der Waals surface area contributed by atoms with Gasteiger partial charge in [0, 0.05) is 13.1 Å². The van der Waals surface area contributed by atoms with Gasteiger partial charge in [0.1, 0.15) is 29.1 Å². The molecule has 0 aliphatic rings. The van der Waals surface area contributed by atoms with Crippen LogP contribution in [0.5, 0.6) is 0 Å². The summed E-state index contributed by atoms with van der Waals surface area (Å²) in [5.41, 5.74) is 1.14. The average Bonchev–Trinajstić information content (AvgIpc) is 3.01. The third-order valence-corrected chi connectivity index (χ3v) is 4.91. The molecule has 1 atom stereocenters. The van der Waals surface area contributed by atoms with E-state index in [2.05, 4.69) is 15.6 Å². The Morgan fingerprint density at radius 2 is 1.73 bits per heavy atom. The van der Waals surface area contributed by atoms with Crippen LogP contribution in [0.1, 0.15) is 30.0 Å². The van der Waals surface area contributed by atoms with Gasteiger partial charge >= 0.3 is 0 Å². The first kappa shape index (κ1) is 21.4. The monoisotopic (exact) mass is 414 g/mol. The number of amides is 2. The highest BCUT2D eigenvalue weighted by molar-refractivity contribution is 5.98. The number of nitrogens with zero attached hydrogens (tertiary/aromatic N) is 2. The Balaban J connectivity index is 1.66. The number of aryl methyl sites for hydroxylation is 1. The molecule has 30 heavy (non-hydrogen) atoms. The molecule has 3 rings (SSSR count). The van der Waals surface area contributed by atoms with Crippen LogP contribution in [-0.4, -0.2) is 34.0 Å². The van der Waals surface area contributed by atoms with Crippen LogP contribution in [0.25, 0.3) is 11.0 Å². The van der Waals surface area contributed by atoms with Crippen LogP contribution in [0, 0.1) is 24.5 Å². The van der Waals surface area contributed by atoms with Crippen LogP contribution >= 0.6 is 0 Å². The van der Waals surface area contributed by atoms with Gasteiger partial charge in [-0.05, 0) is 37.1 Å². The molecular formula is C22H24F2N4O2. The minimum absolute atomic E-state index is 0.278. The van der Waals surface area contributed by atoms with E-state index in [1.54, 1.807) is 13.8 Å². The molecule has 1 unspecified atom stereocenters. The summed E-state index contributed by atoms with van der Waals surface area (Å²) in [6, 6.07) is 9.95. The Kier molecular flexibility index (Phi) is 6.44. The van der Waals surface area contributed by atoms with E-state index in [9.17, 15) is 18.4 Å². The third-order valence-electron chi connectivity index (χ3n) is 4.91. The molecule has 2 aromatic carbocycles. The van der Waals surface area contributed by atoms with Crippen molar-refractivity contribution in [1.29, 1.82) is 0 Å². The zero-order chi connectivity index (χ0) is 21.8. The van der Waals surface area contributed by atoms with Gasteiger partial charge in [-0.2, -0.15) is 0 Å². The van der Waals surface area contributed by atoms with Crippen LogP contribution in [0.15, 0.2) is 42.5 Å². The molecule has 0 aliphatic heterocycles. The number of carbonyl (C=O) groups is 2. The van der Waals surface area contributed by atoms with E-state index in [1.165, 1.54) is 6.07 Å². The summed E-state index contributed by atoms with van der Waals surface area (Å²) >= 11 is 0. The van der Waals surface area contributed by atoms with Crippen molar-refractivity contribution in [3.63, 3.8) is 0 Å². The fourth-order valence-corrected chi connectivity index (χ4v) is 3.34.